The number of hydroxylamine groups is 2. The van der Waals surface area contributed by atoms with Crippen LogP contribution < -0.4 is 0 Å². The van der Waals surface area contributed by atoms with Crippen molar-refractivity contribution in [2.24, 2.45) is 0 Å². The maximum absolute atomic E-state index is 10.2. The molecule has 4 nitrogen and oxygen atoms in total. The van der Waals surface area contributed by atoms with Crippen LogP contribution in [0.2, 0.25) is 0 Å². The van der Waals surface area contributed by atoms with Crippen molar-refractivity contribution in [1.29, 1.82) is 0 Å². The summed E-state index contributed by atoms with van der Waals surface area (Å²) in [6.07, 6.45) is -1.26. The summed E-state index contributed by atoms with van der Waals surface area (Å²) < 4.78 is 0. The molecule has 0 saturated carbocycles. The van der Waals surface area contributed by atoms with Crippen molar-refractivity contribution in [3.63, 3.8) is 0 Å². The second kappa shape index (κ2) is 9.00. The molecule has 6 heteroatoms. The van der Waals surface area contributed by atoms with Gasteiger partial charge in [0.2, 0.25) is 0 Å². The number of hydrogen-bond donors (Lipinski definition) is 1. The minimum atomic E-state index is -1.26. The number of carbonyl (C=O) groups is 1. The molecule has 0 fully saturated rings. The van der Waals surface area contributed by atoms with Gasteiger partial charge in [0.05, 0.1) is 0 Å². The Morgan fingerprint density at radius 3 is 1.54 bits per heavy atom. The summed E-state index contributed by atoms with van der Waals surface area (Å²) >= 11 is 0. The summed E-state index contributed by atoms with van der Waals surface area (Å²) in [6, 6.07) is 0.150. The van der Waals surface area contributed by atoms with E-state index in [1.54, 1.807) is 0 Å². The van der Waals surface area contributed by atoms with Crippen LogP contribution in [0.3, 0.4) is 0 Å². The molecule has 0 unspecified atom stereocenters. The molecular formula is C7H17Li2NO3. The molecule has 0 bridgehead atoms. The van der Waals surface area contributed by atoms with Crippen molar-refractivity contribution < 1.29 is 14.7 Å². The van der Waals surface area contributed by atoms with Gasteiger partial charge in [0.25, 0.3) is 0 Å². The first kappa shape index (κ1) is 19.1. The van der Waals surface area contributed by atoms with E-state index >= 15 is 0 Å². The van der Waals surface area contributed by atoms with Gasteiger partial charge in [-0.2, -0.15) is 0 Å². The fraction of sp³-hybridized carbons (Fsp3) is 0.857. The van der Waals surface area contributed by atoms with Crippen LogP contribution >= 0.6 is 0 Å². The number of rotatable bonds is 3. The van der Waals surface area contributed by atoms with Crippen LogP contribution in [0.25, 0.3) is 0 Å². The average Bonchev–Trinajstić information content (AvgIpc) is 1.81. The van der Waals surface area contributed by atoms with Crippen LogP contribution in [0.5, 0.6) is 0 Å². The zero-order valence-corrected chi connectivity index (χ0v) is 7.37. The van der Waals surface area contributed by atoms with Gasteiger partial charge in [-0.05, 0) is 27.7 Å². The Kier molecular flexibility index (Phi) is 13.2. The standard InChI is InChI=1S/C7H15NO3.2Li.2H/c1-5(2)8(6(3)4)11-7(9)10;;;;/h5-6H,1-4H3,(H,9,10);;;;. The van der Waals surface area contributed by atoms with Crippen molar-refractivity contribution >= 4 is 43.9 Å². The molecule has 0 rings (SSSR count). The quantitative estimate of drug-likeness (QED) is 0.501. The second-order valence-corrected chi connectivity index (χ2v) is 2.90. The molecule has 0 spiro atoms. The fourth-order valence-electron chi connectivity index (χ4n) is 0.897. The summed E-state index contributed by atoms with van der Waals surface area (Å²) in [7, 11) is 0. The molecule has 1 N–H and O–H groups in total. The predicted octanol–water partition coefficient (Wildman–Crippen LogP) is 0.418. The molecule has 13 heavy (non-hydrogen) atoms. The molecule has 0 amide bonds. The number of nitrogens with zero attached hydrogens (tertiary/aromatic N) is 1. The van der Waals surface area contributed by atoms with E-state index in [1.165, 1.54) is 5.06 Å². The molecule has 0 aromatic heterocycles. The Bertz CT molecular complexity index is 134. The van der Waals surface area contributed by atoms with Crippen molar-refractivity contribution in [3.8, 4) is 0 Å². The third-order valence-electron chi connectivity index (χ3n) is 1.20. The third kappa shape index (κ3) is 8.75. The molecule has 0 aromatic rings. The normalized spacial score (nSPS) is 9.46. The van der Waals surface area contributed by atoms with Crippen molar-refractivity contribution in [2.45, 2.75) is 39.8 Å². The third-order valence-corrected chi connectivity index (χ3v) is 1.20. The van der Waals surface area contributed by atoms with Crippen molar-refractivity contribution in [1.82, 2.24) is 5.06 Å². The molecule has 0 aliphatic carbocycles. The first-order valence-corrected chi connectivity index (χ1v) is 3.64. The summed E-state index contributed by atoms with van der Waals surface area (Å²) in [4.78, 5) is 14.7. The van der Waals surface area contributed by atoms with Gasteiger partial charge in [-0.3, -0.25) is 0 Å². The van der Waals surface area contributed by atoms with Crippen LogP contribution in [-0.2, 0) is 4.84 Å². The molecule has 0 saturated heterocycles. The van der Waals surface area contributed by atoms with Gasteiger partial charge in [0.15, 0.2) is 0 Å². The molecule has 70 valence electrons. The zero-order chi connectivity index (χ0) is 9.02. The fourth-order valence-corrected chi connectivity index (χ4v) is 0.897. The van der Waals surface area contributed by atoms with E-state index in [1.807, 2.05) is 27.7 Å². The van der Waals surface area contributed by atoms with Crippen LogP contribution in [0.4, 0.5) is 4.79 Å². The Balaban J connectivity index is -0.000000500. The van der Waals surface area contributed by atoms with E-state index in [0.717, 1.165) is 0 Å². The average molecular weight is 177 g/mol. The van der Waals surface area contributed by atoms with E-state index in [0.29, 0.717) is 0 Å². The van der Waals surface area contributed by atoms with Crippen LogP contribution in [0.15, 0.2) is 0 Å². The Labute approximate surface area is 103 Å². The SMILES string of the molecule is CC(C)N(OC(=O)O)C(C)C.[LiH].[LiH]. The number of carboxylic acid groups (broad SMARTS) is 1. The minimum absolute atomic E-state index is 0. The summed E-state index contributed by atoms with van der Waals surface area (Å²) in [5, 5.41) is 9.75. The molecular weight excluding hydrogens is 160 g/mol. The topological polar surface area (TPSA) is 49.8 Å². The van der Waals surface area contributed by atoms with Gasteiger partial charge in [0.1, 0.15) is 0 Å². The first-order chi connectivity index (χ1) is 4.95. The van der Waals surface area contributed by atoms with Crippen LogP contribution in [0, 0.1) is 0 Å². The molecule has 0 aliphatic rings. The molecule has 0 radical (unpaired) electrons. The second-order valence-electron chi connectivity index (χ2n) is 2.90. The van der Waals surface area contributed by atoms with Crippen LogP contribution in [0.1, 0.15) is 27.7 Å². The van der Waals surface area contributed by atoms with Crippen molar-refractivity contribution in [3.05, 3.63) is 0 Å². The molecule has 0 aliphatic heterocycles. The molecule has 0 aromatic carbocycles. The van der Waals surface area contributed by atoms with Gasteiger partial charge in [-0.15, -0.1) is 5.06 Å². The van der Waals surface area contributed by atoms with E-state index < -0.39 is 6.16 Å². The van der Waals surface area contributed by atoms with E-state index in [4.69, 9.17) is 5.11 Å². The van der Waals surface area contributed by atoms with E-state index in [9.17, 15) is 4.79 Å². The van der Waals surface area contributed by atoms with E-state index in [-0.39, 0.29) is 49.8 Å². The molecule has 0 heterocycles. The van der Waals surface area contributed by atoms with E-state index in [2.05, 4.69) is 4.84 Å². The van der Waals surface area contributed by atoms with Gasteiger partial charge in [-0.1, -0.05) is 0 Å². The Hall–Kier alpha value is 0.425. The predicted molar refractivity (Wildman–Crippen MR) is 55.5 cm³/mol. The maximum atomic E-state index is 10.2. The zero-order valence-electron chi connectivity index (χ0n) is 7.37. The summed E-state index contributed by atoms with van der Waals surface area (Å²) in [5.74, 6) is 0. The summed E-state index contributed by atoms with van der Waals surface area (Å²) in [5.41, 5.74) is 0. The van der Waals surface area contributed by atoms with Gasteiger partial charge in [0, 0.05) is 12.1 Å². The summed E-state index contributed by atoms with van der Waals surface area (Å²) in [6.45, 7) is 7.51. The van der Waals surface area contributed by atoms with Gasteiger partial charge in [-0.25, -0.2) is 4.79 Å². The first-order valence-electron chi connectivity index (χ1n) is 3.64. The number of hydrogen-bond acceptors (Lipinski definition) is 3. The Morgan fingerprint density at radius 1 is 1.15 bits per heavy atom. The molecule has 0 atom stereocenters. The Morgan fingerprint density at radius 2 is 1.46 bits per heavy atom. The monoisotopic (exact) mass is 177 g/mol. The van der Waals surface area contributed by atoms with Crippen LogP contribution in [-0.4, -0.2) is 66.1 Å². The van der Waals surface area contributed by atoms with Gasteiger partial charge >= 0.3 is 43.9 Å². The van der Waals surface area contributed by atoms with Gasteiger partial charge < -0.3 is 9.94 Å². The van der Waals surface area contributed by atoms with Crippen molar-refractivity contribution in [2.75, 3.05) is 0 Å².